The number of ether oxygens (including phenoxy) is 1. The summed E-state index contributed by atoms with van der Waals surface area (Å²) in [4.78, 5) is 35.9. The third kappa shape index (κ3) is 7.78. The lowest BCUT2D eigenvalue weighted by Crippen LogP contribution is -2.32. The van der Waals surface area contributed by atoms with Crippen LogP contribution in [0.3, 0.4) is 0 Å². The number of benzene rings is 2. The molecule has 0 radical (unpaired) electrons. The molecule has 0 aliphatic rings. The van der Waals surface area contributed by atoms with E-state index in [0.717, 1.165) is 16.7 Å². The number of amides is 2. The van der Waals surface area contributed by atoms with E-state index in [4.69, 9.17) is 4.74 Å². The van der Waals surface area contributed by atoms with Crippen molar-refractivity contribution in [1.29, 1.82) is 0 Å². The van der Waals surface area contributed by atoms with Gasteiger partial charge >= 0.3 is 5.97 Å². The van der Waals surface area contributed by atoms with Gasteiger partial charge in [0.2, 0.25) is 11.8 Å². The number of rotatable bonds is 8. The third-order valence-corrected chi connectivity index (χ3v) is 4.19. The summed E-state index contributed by atoms with van der Waals surface area (Å²) < 4.78 is 5.25. The minimum atomic E-state index is -0.465. The van der Waals surface area contributed by atoms with Gasteiger partial charge in [-0.15, -0.1) is 0 Å². The lowest BCUT2D eigenvalue weighted by Gasteiger charge is -2.20. The predicted octanol–water partition coefficient (Wildman–Crippen LogP) is 3.70. The van der Waals surface area contributed by atoms with E-state index in [9.17, 15) is 14.4 Å². The molecule has 154 valence electrons. The Balaban J connectivity index is 2.06. The Kier molecular flexibility index (Phi) is 7.95. The summed E-state index contributed by atoms with van der Waals surface area (Å²) in [5, 5.41) is 5.63. The Morgan fingerprint density at radius 3 is 2.14 bits per heavy atom. The molecule has 6 heteroatoms. The Hall–Kier alpha value is -3.15. The first-order chi connectivity index (χ1) is 13.7. The molecule has 0 aromatic heterocycles. The number of carbonyl (C=O) groups excluding carboxylic acids is 3. The number of esters is 1. The first-order valence-electron chi connectivity index (χ1n) is 9.65. The highest BCUT2D eigenvalue weighted by Crippen LogP contribution is 2.19. The van der Waals surface area contributed by atoms with E-state index in [1.54, 1.807) is 38.1 Å². The van der Waals surface area contributed by atoms with Crippen LogP contribution in [0.15, 0.2) is 48.5 Å². The van der Waals surface area contributed by atoms with E-state index < -0.39 is 6.04 Å². The van der Waals surface area contributed by atoms with Gasteiger partial charge in [-0.2, -0.15) is 0 Å². The quantitative estimate of drug-likeness (QED) is 0.667. The van der Waals surface area contributed by atoms with Gasteiger partial charge in [0.05, 0.1) is 25.0 Å². The maximum atomic E-state index is 12.6. The smallest absolute Gasteiger partial charge is 0.308 e. The molecule has 1 unspecified atom stereocenters. The van der Waals surface area contributed by atoms with Crippen molar-refractivity contribution in [1.82, 2.24) is 5.32 Å². The van der Waals surface area contributed by atoms with Gasteiger partial charge in [-0.3, -0.25) is 14.4 Å². The van der Waals surface area contributed by atoms with Gasteiger partial charge in [-0.25, -0.2) is 0 Å². The molecule has 1 atom stereocenters. The van der Waals surface area contributed by atoms with Crippen molar-refractivity contribution in [3.63, 3.8) is 0 Å². The van der Waals surface area contributed by atoms with Gasteiger partial charge < -0.3 is 15.4 Å². The topological polar surface area (TPSA) is 84.5 Å². The van der Waals surface area contributed by atoms with Crippen molar-refractivity contribution in [3.05, 3.63) is 65.2 Å². The zero-order chi connectivity index (χ0) is 21.4. The van der Waals surface area contributed by atoms with Crippen LogP contribution in [0, 0.1) is 6.92 Å². The second-order valence-corrected chi connectivity index (χ2v) is 7.33. The second-order valence-electron chi connectivity index (χ2n) is 7.33. The van der Waals surface area contributed by atoms with Crippen LogP contribution in [0.4, 0.5) is 5.69 Å². The first kappa shape index (κ1) is 22.1. The van der Waals surface area contributed by atoms with Crippen molar-refractivity contribution in [3.8, 4) is 0 Å². The average Bonchev–Trinajstić information content (AvgIpc) is 2.62. The molecule has 0 bridgehead atoms. The molecule has 2 aromatic carbocycles. The number of aryl methyl sites for hydroxylation is 1. The van der Waals surface area contributed by atoms with Crippen LogP contribution in [-0.4, -0.2) is 23.9 Å². The Morgan fingerprint density at radius 1 is 0.966 bits per heavy atom. The highest BCUT2D eigenvalue weighted by molar-refractivity contribution is 5.88. The molecular weight excluding hydrogens is 368 g/mol. The normalized spacial score (nSPS) is 11.6. The summed E-state index contributed by atoms with van der Waals surface area (Å²) >= 11 is 0. The number of hydrogen-bond acceptors (Lipinski definition) is 4. The van der Waals surface area contributed by atoms with Crippen LogP contribution in [0.1, 0.15) is 49.9 Å². The van der Waals surface area contributed by atoms with Gasteiger partial charge in [0, 0.05) is 12.6 Å². The maximum Gasteiger partial charge on any atom is 0.308 e. The first-order valence-corrected chi connectivity index (χ1v) is 9.65. The van der Waals surface area contributed by atoms with Crippen molar-refractivity contribution < 1.29 is 19.1 Å². The van der Waals surface area contributed by atoms with Crippen LogP contribution in [0.25, 0.3) is 0 Å². The highest BCUT2D eigenvalue weighted by atomic mass is 16.5. The molecule has 2 N–H and O–H groups in total. The lowest BCUT2D eigenvalue weighted by molar-refractivity contribution is -0.148. The summed E-state index contributed by atoms with van der Waals surface area (Å²) in [5.41, 5.74) is 3.44. The van der Waals surface area contributed by atoms with E-state index in [1.165, 1.54) is 6.92 Å². The number of hydrogen-bond donors (Lipinski definition) is 2. The largest absolute Gasteiger partial charge is 0.463 e. The minimum Gasteiger partial charge on any atom is -0.463 e. The van der Waals surface area contributed by atoms with Crippen LogP contribution < -0.4 is 10.6 Å². The molecule has 29 heavy (non-hydrogen) atoms. The molecule has 0 saturated heterocycles. The number of nitrogens with one attached hydrogen (secondary N) is 2. The molecule has 2 aromatic rings. The Bertz CT molecular complexity index is 842. The summed E-state index contributed by atoms with van der Waals surface area (Å²) in [6, 6.07) is 14.3. The monoisotopic (exact) mass is 396 g/mol. The fourth-order valence-electron chi connectivity index (χ4n) is 2.87. The SMILES string of the molecule is CC(=O)Nc1ccc(CC(=O)NC(CC(=O)OC(C)C)c2ccc(C)cc2)cc1. The lowest BCUT2D eigenvalue weighted by atomic mass is 10.0. The molecule has 0 heterocycles. The van der Waals surface area contributed by atoms with Gasteiger partial charge in [0.15, 0.2) is 0 Å². The maximum absolute atomic E-state index is 12.6. The Labute approximate surface area is 171 Å². The molecule has 0 saturated carbocycles. The fourth-order valence-corrected chi connectivity index (χ4v) is 2.87. The Morgan fingerprint density at radius 2 is 1.59 bits per heavy atom. The van der Waals surface area contributed by atoms with Crippen LogP contribution >= 0.6 is 0 Å². The minimum absolute atomic E-state index is 0.0639. The van der Waals surface area contributed by atoms with E-state index in [0.29, 0.717) is 5.69 Å². The van der Waals surface area contributed by atoms with Crippen molar-refractivity contribution >= 4 is 23.5 Å². The van der Waals surface area contributed by atoms with E-state index >= 15 is 0 Å². The molecule has 2 rings (SSSR count). The van der Waals surface area contributed by atoms with E-state index in [2.05, 4.69) is 10.6 Å². The van der Waals surface area contributed by atoms with Gasteiger partial charge in [0.1, 0.15) is 0 Å². The van der Waals surface area contributed by atoms with Crippen LogP contribution in [-0.2, 0) is 25.5 Å². The van der Waals surface area contributed by atoms with Gasteiger partial charge in [0.25, 0.3) is 0 Å². The third-order valence-electron chi connectivity index (χ3n) is 4.19. The highest BCUT2D eigenvalue weighted by Gasteiger charge is 2.20. The zero-order valence-corrected chi connectivity index (χ0v) is 17.3. The van der Waals surface area contributed by atoms with Gasteiger partial charge in [-0.1, -0.05) is 42.0 Å². The molecule has 0 fully saturated rings. The summed E-state index contributed by atoms with van der Waals surface area (Å²) in [6.07, 6.45) is 0.0233. The van der Waals surface area contributed by atoms with Crippen molar-refractivity contribution in [2.75, 3.05) is 5.32 Å². The molecule has 6 nitrogen and oxygen atoms in total. The summed E-state index contributed by atoms with van der Waals surface area (Å²) in [5.74, 6) is -0.699. The average molecular weight is 396 g/mol. The van der Waals surface area contributed by atoms with E-state index in [1.807, 2.05) is 31.2 Å². The van der Waals surface area contributed by atoms with Crippen LogP contribution in [0.5, 0.6) is 0 Å². The molecule has 0 spiro atoms. The summed E-state index contributed by atoms with van der Waals surface area (Å²) in [7, 11) is 0. The predicted molar refractivity (Wildman–Crippen MR) is 112 cm³/mol. The molecule has 0 aliphatic heterocycles. The zero-order valence-electron chi connectivity index (χ0n) is 17.3. The van der Waals surface area contributed by atoms with E-state index in [-0.39, 0.29) is 36.7 Å². The standard InChI is InChI=1S/C23H28N2O4/c1-15(2)29-23(28)14-21(19-9-5-16(3)6-10-19)25-22(27)13-18-7-11-20(12-8-18)24-17(4)26/h5-12,15,21H,13-14H2,1-4H3,(H,24,26)(H,25,27). The molecule has 0 aliphatic carbocycles. The van der Waals surface area contributed by atoms with Gasteiger partial charge in [-0.05, 0) is 44.0 Å². The van der Waals surface area contributed by atoms with Crippen molar-refractivity contribution in [2.24, 2.45) is 0 Å². The van der Waals surface area contributed by atoms with Crippen molar-refractivity contribution in [2.45, 2.75) is 52.7 Å². The number of carbonyl (C=O) groups is 3. The fraction of sp³-hybridized carbons (Fsp3) is 0.348. The number of anilines is 1. The van der Waals surface area contributed by atoms with Crippen LogP contribution in [0.2, 0.25) is 0 Å². The second kappa shape index (κ2) is 10.4. The molecule has 2 amide bonds. The molecular formula is C23H28N2O4. The summed E-state index contributed by atoms with van der Waals surface area (Å²) in [6.45, 7) is 7.01.